The van der Waals surface area contributed by atoms with E-state index < -0.39 is 25.0 Å². The predicted molar refractivity (Wildman–Crippen MR) is 78.6 cm³/mol. The van der Waals surface area contributed by atoms with Crippen LogP contribution >= 0.6 is 22.4 Å². The van der Waals surface area contributed by atoms with Gasteiger partial charge in [-0.1, -0.05) is 29.3 Å². The summed E-state index contributed by atoms with van der Waals surface area (Å²) in [6, 6.07) is 5.87. The second-order valence-electron chi connectivity index (χ2n) is 3.93. The number of ether oxygens (including phenoxy) is 2. The molecule has 1 aromatic rings. The number of hydrogen-bond acceptors (Lipinski definition) is 7. The molecule has 0 aliphatic heterocycles. The van der Waals surface area contributed by atoms with Gasteiger partial charge in [-0.3, -0.25) is 0 Å². The van der Waals surface area contributed by atoms with E-state index in [0.29, 0.717) is 0 Å². The van der Waals surface area contributed by atoms with Crippen LogP contribution in [0.1, 0.15) is 5.56 Å². The van der Waals surface area contributed by atoms with Crippen molar-refractivity contribution in [2.75, 3.05) is 14.2 Å². The molecule has 0 fully saturated rings. The number of carbonyl (C=O) groups is 2. The maximum Gasteiger partial charge on any atom is 0.350 e. The molecule has 21 heavy (non-hydrogen) atoms. The molecule has 0 radical (unpaired) electrons. The topological polar surface area (TPSA) is 86.7 Å². The van der Waals surface area contributed by atoms with Gasteiger partial charge in [0.2, 0.25) is 8.87 Å². The maximum atomic E-state index is 12.3. The minimum Gasteiger partial charge on any atom is -0.467 e. The number of methoxy groups -OCH3 is 2. The zero-order chi connectivity index (χ0) is 16.3. The van der Waals surface area contributed by atoms with E-state index in [-0.39, 0.29) is 15.7 Å². The van der Waals surface area contributed by atoms with Crippen molar-refractivity contribution < 1.29 is 27.5 Å². The van der Waals surface area contributed by atoms with Gasteiger partial charge in [-0.2, -0.15) is 0 Å². The Hall–Kier alpha value is -1.25. The summed E-state index contributed by atoms with van der Waals surface area (Å²) in [4.78, 5) is 23.2. The highest BCUT2D eigenvalue weighted by molar-refractivity contribution is 8.73. The summed E-state index contributed by atoms with van der Waals surface area (Å²) < 4.78 is 30.8. The van der Waals surface area contributed by atoms with Crippen molar-refractivity contribution in [2.24, 2.45) is 0 Å². The molecule has 0 amide bonds. The van der Waals surface area contributed by atoms with Gasteiger partial charge in [0.05, 0.1) is 19.1 Å². The summed E-state index contributed by atoms with van der Waals surface area (Å²) in [5.74, 6) is -2.45. The Labute approximate surface area is 131 Å². The molecular formula is C12H13ClO6S2. The number of rotatable bonds is 5. The van der Waals surface area contributed by atoms with E-state index in [1.165, 1.54) is 12.1 Å². The van der Waals surface area contributed by atoms with E-state index in [1.54, 1.807) is 19.1 Å². The first-order valence-electron chi connectivity index (χ1n) is 5.55. The monoisotopic (exact) mass is 352 g/mol. The van der Waals surface area contributed by atoms with Gasteiger partial charge in [-0.25, -0.2) is 18.0 Å². The Kier molecular flexibility index (Phi) is 5.66. The first kappa shape index (κ1) is 17.8. The predicted octanol–water partition coefficient (Wildman–Crippen LogP) is 1.70. The molecule has 0 N–H and O–H groups in total. The maximum absolute atomic E-state index is 12.3. The molecule has 9 heteroatoms. The molecule has 116 valence electrons. The largest absolute Gasteiger partial charge is 0.467 e. The first-order chi connectivity index (χ1) is 9.67. The Morgan fingerprint density at radius 3 is 1.90 bits per heavy atom. The van der Waals surface area contributed by atoms with Crippen LogP contribution in [-0.4, -0.2) is 38.8 Å². The molecular weight excluding hydrogens is 340 g/mol. The Balaban J connectivity index is 3.22. The normalized spacial score (nSPS) is 11.8. The van der Waals surface area contributed by atoms with Crippen LogP contribution in [-0.2, 0) is 27.9 Å². The highest BCUT2D eigenvalue weighted by Crippen LogP contribution is 2.40. The van der Waals surface area contributed by atoms with Gasteiger partial charge in [-0.05, 0) is 19.1 Å². The van der Waals surface area contributed by atoms with Crippen molar-refractivity contribution >= 4 is 43.2 Å². The SMILES string of the molecule is COC(=O)C(Cl)(SS(=O)(=O)c1ccc(C)cc1)C(=O)OC. The molecule has 0 aliphatic carbocycles. The van der Waals surface area contributed by atoms with Crippen LogP contribution in [0.15, 0.2) is 29.2 Å². The van der Waals surface area contributed by atoms with Crippen LogP contribution in [0.5, 0.6) is 0 Å². The number of hydrogen-bond donors (Lipinski definition) is 0. The smallest absolute Gasteiger partial charge is 0.350 e. The molecule has 0 aromatic heterocycles. The van der Waals surface area contributed by atoms with E-state index in [0.717, 1.165) is 19.8 Å². The molecule has 0 atom stereocenters. The summed E-state index contributed by atoms with van der Waals surface area (Å²) in [7, 11) is -2.12. The summed E-state index contributed by atoms with van der Waals surface area (Å²) in [5.41, 5.74) is 0.858. The lowest BCUT2D eigenvalue weighted by atomic mass is 10.2. The lowest BCUT2D eigenvalue weighted by Gasteiger charge is -2.20. The average molecular weight is 353 g/mol. The van der Waals surface area contributed by atoms with Gasteiger partial charge in [0.1, 0.15) is 0 Å². The highest BCUT2D eigenvalue weighted by Gasteiger charge is 2.52. The van der Waals surface area contributed by atoms with Crippen LogP contribution in [0.25, 0.3) is 0 Å². The van der Waals surface area contributed by atoms with Gasteiger partial charge in [-0.15, -0.1) is 0 Å². The number of alkyl halides is 1. The molecule has 0 unspecified atom stereocenters. The fourth-order valence-electron chi connectivity index (χ4n) is 1.32. The molecule has 0 saturated carbocycles. The molecule has 0 saturated heterocycles. The van der Waals surface area contributed by atoms with Crippen LogP contribution < -0.4 is 0 Å². The molecule has 1 rings (SSSR count). The average Bonchev–Trinajstić information content (AvgIpc) is 2.45. The number of halogens is 1. The van der Waals surface area contributed by atoms with Gasteiger partial charge in [0.15, 0.2) is 0 Å². The minimum atomic E-state index is -4.06. The van der Waals surface area contributed by atoms with Crippen molar-refractivity contribution in [3.63, 3.8) is 0 Å². The van der Waals surface area contributed by atoms with Gasteiger partial charge in [0.25, 0.3) is 4.21 Å². The quantitative estimate of drug-likeness (QED) is 0.345. The molecule has 0 bridgehead atoms. The Morgan fingerprint density at radius 2 is 1.52 bits per heavy atom. The third-order valence-corrected chi connectivity index (χ3v) is 6.86. The Morgan fingerprint density at radius 1 is 1.10 bits per heavy atom. The van der Waals surface area contributed by atoms with Crippen LogP contribution in [0.4, 0.5) is 0 Å². The fourth-order valence-corrected chi connectivity index (χ4v) is 5.33. The minimum absolute atomic E-state index is 0.0378. The number of aryl methyl sites for hydroxylation is 1. The van der Waals surface area contributed by atoms with Gasteiger partial charge >= 0.3 is 11.9 Å². The fraction of sp³-hybridized carbons (Fsp3) is 0.333. The third-order valence-electron chi connectivity index (χ3n) is 2.43. The Bertz CT molecular complexity index is 622. The zero-order valence-electron chi connectivity index (χ0n) is 11.5. The van der Waals surface area contributed by atoms with E-state index >= 15 is 0 Å². The molecule has 1 aromatic carbocycles. The van der Waals surface area contributed by atoms with E-state index in [4.69, 9.17) is 11.6 Å². The molecule has 6 nitrogen and oxygen atoms in total. The van der Waals surface area contributed by atoms with E-state index in [1.807, 2.05) is 0 Å². The second-order valence-corrected chi connectivity index (χ2v) is 8.70. The van der Waals surface area contributed by atoms with E-state index in [2.05, 4.69) is 9.47 Å². The number of carbonyl (C=O) groups excluding carboxylic acids is 2. The van der Waals surface area contributed by atoms with Crippen molar-refractivity contribution in [3.8, 4) is 0 Å². The third kappa shape index (κ3) is 3.90. The van der Waals surface area contributed by atoms with Gasteiger partial charge in [0, 0.05) is 10.8 Å². The summed E-state index contributed by atoms with van der Waals surface area (Å²) >= 11 is 5.84. The standard InChI is InChI=1S/C12H13ClO6S2/c1-8-4-6-9(7-5-8)21(16,17)20-12(13,10(14)18-2)11(15)19-3/h4-7H,1-3H3. The highest BCUT2D eigenvalue weighted by atomic mass is 35.5. The van der Waals surface area contributed by atoms with Gasteiger partial charge < -0.3 is 9.47 Å². The van der Waals surface area contributed by atoms with Crippen LogP contribution in [0, 0.1) is 6.92 Å². The lowest BCUT2D eigenvalue weighted by Crippen LogP contribution is -2.41. The molecule has 0 heterocycles. The second kappa shape index (κ2) is 6.67. The summed E-state index contributed by atoms with van der Waals surface area (Å²) in [6.45, 7) is 1.79. The van der Waals surface area contributed by atoms with Crippen molar-refractivity contribution in [1.82, 2.24) is 0 Å². The van der Waals surface area contributed by atoms with Crippen molar-refractivity contribution in [1.29, 1.82) is 0 Å². The zero-order valence-corrected chi connectivity index (χ0v) is 13.8. The van der Waals surface area contributed by atoms with Crippen molar-refractivity contribution in [2.45, 2.75) is 16.0 Å². The molecule has 0 aliphatic rings. The summed E-state index contributed by atoms with van der Waals surface area (Å²) in [6.07, 6.45) is 0. The first-order valence-corrected chi connectivity index (χ1v) is 8.75. The van der Waals surface area contributed by atoms with Crippen LogP contribution in [0.3, 0.4) is 0 Å². The summed E-state index contributed by atoms with van der Waals surface area (Å²) in [5, 5.41) is 0. The van der Waals surface area contributed by atoms with E-state index in [9.17, 15) is 18.0 Å². The molecule has 0 spiro atoms. The lowest BCUT2D eigenvalue weighted by molar-refractivity contribution is -0.152. The van der Waals surface area contributed by atoms with Crippen LogP contribution in [0.2, 0.25) is 0 Å². The van der Waals surface area contributed by atoms with Crippen molar-refractivity contribution in [3.05, 3.63) is 29.8 Å². The number of benzene rings is 1. The number of esters is 2.